The Bertz CT molecular complexity index is 1810. The molecule has 0 aliphatic heterocycles. The molecule has 0 bridgehead atoms. The van der Waals surface area contributed by atoms with E-state index >= 15 is 0 Å². The van der Waals surface area contributed by atoms with E-state index in [1.54, 1.807) is 35.7 Å². The van der Waals surface area contributed by atoms with E-state index in [9.17, 15) is 14.0 Å². The highest BCUT2D eigenvalue weighted by Crippen LogP contribution is 2.44. The first-order valence-electron chi connectivity index (χ1n) is 13.1. The van der Waals surface area contributed by atoms with Crippen molar-refractivity contribution in [3.05, 3.63) is 46.9 Å². The Labute approximate surface area is 234 Å². The van der Waals surface area contributed by atoms with Crippen LogP contribution in [0.4, 0.5) is 9.18 Å². The van der Waals surface area contributed by atoms with Crippen molar-refractivity contribution < 1.29 is 23.4 Å². The van der Waals surface area contributed by atoms with Crippen LogP contribution in [0.15, 0.2) is 35.4 Å². The van der Waals surface area contributed by atoms with Crippen LogP contribution in [0.3, 0.4) is 0 Å². The van der Waals surface area contributed by atoms with E-state index in [4.69, 9.17) is 9.47 Å². The number of imidazole rings is 1. The number of hydrogen-bond donors (Lipinski definition) is 2. The number of pyridine rings is 1. The number of H-pyrrole nitrogens is 1. The Balaban J connectivity index is 0.000000623. The van der Waals surface area contributed by atoms with Crippen LogP contribution in [0, 0.1) is 5.82 Å². The van der Waals surface area contributed by atoms with E-state index in [1.165, 1.54) is 20.3 Å². The molecule has 12 nitrogen and oxygen atoms in total. The maximum Gasteiger partial charge on any atom is 0.404 e. The Morgan fingerprint density at radius 3 is 2.46 bits per heavy atom. The summed E-state index contributed by atoms with van der Waals surface area (Å²) in [5, 5.41) is 5.18. The van der Waals surface area contributed by atoms with Crippen molar-refractivity contribution in [2.24, 2.45) is 19.8 Å². The van der Waals surface area contributed by atoms with Crippen molar-refractivity contribution in [2.45, 2.75) is 31.7 Å². The predicted octanol–water partition coefficient (Wildman–Crippen LogP) is 4.27. The molecule has 4 aromatic heterocycles. The number of amides is 1. The van der Waals surface area contributed by atoms with Gasteiger partial charge in [-0.25, -0.2) is 19.0 Å². The van der Waals surface area contributed by atoms with Gasteiger partial charge in [0.05, 0.1) is 55.2 Å². The molecule has 41 heavy (non-hydrogen) atoms. The molecular weight excluding hydrogens is 533 g/mol. The third-order valence-corrected chi connectivity index (χ3v) is 7.46. The van der Waals surface area contributed by atoms with Crippen LogP contribution in [0.5, 0.6) is 11.6 Å². The number of rotatable bonds is 5. The number of aromatic amines is 1. The fourth-order valence-electron chi connectivity index (χ4n) is 5.58. The van der Waals surface area contributed by atoms with Crippen molar-refractivity contribution in [3.63, 3.8) is 0 Å². The van der Waals surface area contributed by atoms with Crippen molar-refractivity contribution in [2.75, 3.05) is 21.3 Å². The van der Waals surface area contributed by atoms with Crippen LogP contribution >= 0.6 is 0 Å². The van der Waals surface area contributed by atoms with Crippen LogP contribution < -0.4 is 20.9 Å². The average Bonchev–Trinajstić information content (AvgIpc) is 3.74. The second kappa shape index (κ2) is 11.0. The molecular formula is C28H32FN7O5. The van der Waals surface area contributed by atoms with Gasteiger partial charge in [-0.3, -0.25) is 13.8 Å². The second-order valence-electron chi connectivity index (χ2n) is 9.84. The summed E-state index contributed by atoms with van der Waals surface area (Å²) in [6.07, 6.45) is 6.90. The summed E-state index contributed by atoms with van der Waals surface area (Å²) in [4.78, 5) is 30.9. The molecule has 0 spiro atoms. The van der Waals surface area contributed by atoms with E-state index in [2.05, 4.69) is 25.5 Å². The van der Waals surface area contributed by atoms with Gasteiger partial charge in [0.25, 0.3) is 0 Å². The number of nitrogens with zero attached hydrogens (tertiary/aromatic N) is 5. The SMILES string of the molecule is COC(N)=O.COc1ccc(-c2c(-c3cn(C)nc3OC)[nH]c3ncc4c(c23)n(C2CCCC2)c(=O)n4C)cc1F. The lowest BCUT2D eigenvalue weighted by atomic mass is 9.99. The largest absolute Gasteiger partial charge is 0.494 e. The number of primary amides is 1. The smallest absolute Gasteiger partial charge is 0.404 e. The molecule has 0 saturated heterocycles. The Kier molecular flexibility index (Phi) is 7.43. The summed E-state index contributed by atoms with van der Waals surface area (Å²) in [6, 6.07) is 4.99. The summed E-state index contributed by atoms with van der Waals surface area (Å²) in [5.41, 5.74) is 9.26. The predicted molar refractivity (Wildman–Crippen MR) is 152 cm³/mol. The van der Waals surface area contributed by atoms with Gasteiger partial charge in [-0.15, -0.1) is 5.10 Å². The maximum absolute atomic E-state index is 15.0. The second-order valence-corrected chi connectivity index (χ2v) is 9.84. The van der Waals surface area contributed by atoms with Crippen LogP contribution in [0.2, 0.25) is 0 Å². The minimum Gasteiger partial charge on any atom is -0.494 e. The zero-order valence-corrected chi connectivity index (χ0v) is 23.5. The third kappa shape index (κ3) is 4.77. The molecule has 1 aliphatic rings. The summed E-state index contributed by atoms with van der Waals surface area (Å²) >= 11 is 0. The van der Waals surface area contributed by atoms with Gasteiger partial charge in [-0.1, -0.05) is 18.9 Å². The molecule has 1 saturated carbocycles. The van der Waals surface area contributed by atoms with Crippen LogP contribution in [-0.2, 0) is 18.8 Å². The minimum atomic E-state index is -0.745. The molecule has 1 aromatic carbocycles. The van der Waals surface area contributed by atoms with E-state index in [0.29, 0.717) is 28.3 Å². The van der Waals surface area contributed by atoms with Crippen molar-refractivity contribution in [1.82, 2.24) is 28.9 Å². The molecule has 5 aromatic rings. The first-order valence-corrected chi connectivity index (χ1v) is 13.1. The molecule has 4 heterocycles. The van der Waals surface area contributed by atoms with Crippen molar-refractivity contribution in [1.29, 1.82) is 0 Å². The Morgan fingerprint density at radius 1 is 1.15 bits per heavy atom. The monoisotopic (exact) mass is 565 g/mol. The van der Waals surface area contributed by atoms with Gasteiger partial charge in [-0.05, 0) is 30.5 Å². The third-order valence-electron chi connectivity index (χ3n) is 7.46. The molecule has 216 valence electrons. The van der Waals surface area contributed by atoms with Gasteiger partial charge in [0, 0.05) is 31.9 Å². The lowest BCUT2D eigenvalue weighted by Gasteiger charge is -2.13. The number of benzene rings is 1. The number of methoxy groups -OCH3 is 3. The fraction of sp³-hybridized carbons (Fsp3) is 0.357. The lowest BCUT2D eigenvalue weighted by Crippen LogP contribution is -2.24. The maximum atomic E-state index is 15.0. The molecule has 13 heteroatoms. The highest BCUT2D eigenvalue weighted by molar-refractivity contribution is 6.14. The standard InChI is InChI=1S/C26H27FN6O3.C2H5NO2/c1-31-13-16(25(30-31)36-4)22-20(14-9-10-19(35-3)17(27)11-14)21-23-18(12-28-24(21)29-22)32(2)26(34)33(23)15-7-5-6-8-15;1-5-2(3)4/h9-13,15H,5-8H2,1-4H3,(H,28,29);1H3,(H2,3,4). The number of carbonyl (C=O) groups is 1. The highest BCUT2D eigenvalue weighted by Gasteiger charge is 2.29. The molecule has 1 fully saturated rings. The van der Waals surface area contributed by atoms with E-state index in [0.717, 1.165) is 47.7 Å². The van der Waals surface area contributed by atoms with Gasteiger partial charge in [0.1, 0.15) is 5.65 Å². The van der Waals surface area contributed by atoms with Gasteiger partial charge < -0.3 is 24.9 Å². The van der Waals surface area contributed by atoms with Crippen molar-refractivity contribution >= 4 is 28.2 Å². The normalized spacial score (nSPS) is 13.4. The number of carbonyl (C=O) groups excluding carboxylic acids is 1. The van der Waals surface area contributed by atoms with Gasteiger partial charge in [-0.2, -0.15) is 0 Å². The minimum absolute atomic E-state index is 0.0697. The van der Waals surface area contributed by atoms with Crippen LogP contribution in [-0.4, -0.2) is 56.3 Å². The summed E-state index contributed by atoms with van der Waals surface area (Å²) in [6.45, 7) is 0. The number of fused-ring (bicyclic) bond motifs is 3. The summed E-state index contributed by atoms with van der Waals surface area (Å²) < 4.78 is 34.8. The highest BCUT2D eigenvalue weighted by atomic mass is 19.1. The van der Waals surface area contributed by atoms with Gasteiger partial charge in [0.2, 0.25) is 5.88 Å². The quantitative estimate of drug-likeness (QED) is 0.324. The number of nitrogens with one attached hydrogen (secondary N) is 1. The Morgan fingerprint density at radius 2 is 1.85 bits per heavy atom. The molecule has 0 radical (unpaired) electrons. The first-order chi connectivity index (χ1) is 19.7. The zero-order valence-electron chi connectivity index (χ0n) is 23.5. The van der Waals surface area contributed by atoms with Crippen LogP contribution in [0.25, 0.3) is 44.5 Å². The topological polar surface area (TPSA) is 144 Å². The van der Waals surface area contributed by atoms with Gasteiger partial charge in [0.15, 0.2) is 11.6 Å². The number of aromatic nitrogens is 6. The van der Waals surface area contributed by atoms with E-state index < -0.39 is 11.9 Å². The number of nitrogens with two attached hydrogens (primary N) is 1. The number of hydrogen-bond acceptors (Lipinski definition) is 7. The zero-order chi connectivity index (χ0) is 29.4. The number of aryl methyl sites for hydroxylation is 2. The number of ether oxygens (including phenoxy) is 3. The molecule has 0 unspecified atom stereocenters. The molecule has 6 rings (SSSR count). The molecule has 3 N–H and O–H groups in total. The lowest BCUT2D eigenvalue weighted by molar-refractivity contribution is 0.182. The van der Waals surface area contributed by atoms with E-state index in [1.807, 2.05) is 23.9 Å². The van der Waals surface area contributed by atoms with Gasteiger partial charge >= 0.3 is 11.8 Å². The Hall–Kier alpha value is -4.81. The molecule has 0 atom stereocenters. The van der Waals surface area contributed by atoms with E-state index in [-0.39, 0.29) is 17.5 Å². The number of halogens is 1. The van der Waals surface area contributed by atoms with Crippen molar-refractivity contribution in [3.8, 4) is 34.0 Å². The summed E-state index contributed by atoms with van der Waals surface area (Å²) in [7, 11) is 7.81. The molecule has 1 aliphatic carbocycles. The summed E-state index contributed by atoms with van der Waals surface area (Å²) in [5.74, 6) is 0.108. The average molecular weight is 566 g/mol. The molecule has 1 amide bonds. The van der Waals surface area contributed by atoms with Crippen LogP contribution in [0.1, 0.15) is 31.7 Å². The first kappa shape index (κ1) is 27.7. The fourth-order valence-corrected chi connectivity index (χ4v) is 5.58.